The molecule has 1 atom stereocenters. The first-order valence-corrected chi connectivity index (χ1v) is 8.20. The molecule has 0 aliphatic carbocycles. The zero-order valence-corrected chi connectivity index (χ0v) is 13.6. The van der Waals surface area contributed by atoms with Gasteiger partial charge in [0.15, 0.2) is 0 Å². The molecule has 1 aromatic rings. The summed E-state index contributed by atoms with van der Waals surface area (Å²) in [5.41, 5.74) is 4.77. The molecule has 0 aliphatic heterocycles. The molecule has 23 heavy (non-hydrogen) atoms. The van der Waals surface area contributed by atoms with Crippen LogP contribution in [0.4, 0.5) is 5.82 Å². The van der Waals surface area contributed by atoms with Crippen LogP contribution in [0.5, 0.6) is 0 Å². The third-order valence-corrected chi connectivity index (χ3v) is 3.75. The molecule has 1 aromatic heterocycles. The zero-order chi connectivity index (χ0) is 17.1. The van der Waals surface area contributed by atoms with Crippen LogP contribution < -0.4 is 21.9 Å². The van der Waals surface area contributed by atoms with Crippen LogP contribution in [0.1, 0.15) is 57.8 Å². The average molecular weight is 323 g/mol. The number of amides is 1. The molecule has 0 fully saturated rings. The van der Waals surface area contributed by atoms with Gasteiger partial charge >= 0.3 is 5.69 Å². The van der Waals surface area contributed by atoms with E-state index in [4.69, 9.17) is 5.73 Å². The van der Waals surface area contributed by atoms with Crippen molar-refractivity contribution in [3.8, 4) is 0 Å². The van der Waals surface area contributed by atoms with Crippen LogP contribution in [0.15, 0.2) is 15.7 Å². The minimum atomic E-state index is -0.658. The Balaban J connectivity index is 2.37. The molecule has 0 bridgehead atoms. The molecule has 1 amide bonds. The van der Waals surface area contributed by atoms with Gasteiger partial charge in [-0.2, -0.15) is 0 Å². The van der Waals surface area contributed by atoms with Crippen molar-refractivity contribution in [2.75, 3.05) is 4.90 Å². The van der Waals surface area contributed by atoms with Crippen molar-refractivity contribution in [3.05, 3.63) is 33.8 Å². The fourth-order valence-electron chi connectivity index (χ4n) is 2.46. The van der Waals surface area contributed by atoms with Crippen molar-refractivity contribution in [3.63, 3.8) is 0 Å². The maximum absolute atomic E-state index is 11.3. The number of aromatic amines is 2. The lowest BCUT2D eigenvalue weighted by atomic mass is 10.1. The second-order valence-electron chi connectivity index (χ2n) is 5.67. The number of H-pyrrole nitrogens is 2. The van der Waals surface area contributed by atoms with Gasteiger partial charge in [0.1, 0.15) is 5.82 Å². The number of nitrogens with zero attached hydrogens (tertiary/aromatic N) is 1. The summed E-state index contributed by atoms with van der Waals surface area (Å²) in [5.74, 6) is 0.120. The number of carbonyl (C=O) groups excluding carboxylic acids is 1. The molecule has 0 aliphatic rings. The van der Waals surface area contributed by atoms with Crippen LogP contribution in [0.25, 0.3) is 0 Å². The van der Waals surface area contributed by atoms with Gasteiger partial charge in [-0.3, -0.25) is 24.5 Å². The summed E-state index contributed by atoms with van der Waals surface area (Å²) in [6.07, 6.45) is 9.55. The summed E-state index contributed by atoms with van der Waals surface area (Å²) in [5, 5.41) is 0. The van der Waals surface area contributed by atoms with Crippen LogP contribution >= 0.6 is 0 Å². The predicted molar refractivity (Wildman–Crippen MR) is 91.1 cm³/mol. The Morgan fingerprint density at radius 3 is 2.26 bits per heavy atom. The summed E-state index contributed by atoms with van der Waals surface area (Å²) >= 11 is 0. The summed E-state index contributed by atoms with van der Waals surface area (Å²) in [7, 11) is 0. The molecule has 4 N–H and O–H groups in total. The van der Waals surface area contributed by atoms with E-state index in [-0.39, 0.29) is 5.82 Å². The van der Waals surface area contributed by atoms with Gasteiger partial charge in [-0.15, -0.1) is 0 Å². The zero-order valence-electron chi connectivity index (χ0n) is 13.6. The molecule has 7 heteroatoms. The second-order valence-corrected chi connectivity index (χ2v) is 5.67. The number of hydrogen-bond donors (Lipinski definition) is 3. The molecular weight excluding hydrogens is 296 g/mol. The van der Waals surface area contributed by atoms with Crippen molar-refractivity contribution in [1.82, 2.24) is 9.97 Å². The van der Waals surface area contributed by atoms with Crippen molar-refractivity contribution in [2.45, 2.75) is 64.0 Å². The highest BCUT2D eigenvalue weighted by molar-refractivity contribution is 5.73. The number of unbranched alkanes of at least 4 members (excludes halogenated alkanes) is 7. The monoisotopic (exact) mass is 323 g/mol. The van der Waals surface area contributed by atoms with E-state index in [2.05, 4.69) is 16.9 Å². The smallest absolute Gasteiger partial charge is 0.311 e. The predicted octanol–water partition coefficient (Wildman–Crippen LogP) is 1.66. The first-order chi connectivity index (χ1) is 11.1. The number of carbonyl (C=O) groups is 1. The normalized spacial score (nSPS) is 12.1. The Bertz CT molecular complexity index is 539. The van der Waals surface area contributed by atoms with E-state index in [1.54, 1.807) is 0 Å². The van der Waals surface area contributed by atoms with Crippen LogP contribution in [-0.2, 0) is 4.79 Å². The highest BCUT2D eigenvalue weighted by Crippen LogP contribution is 2.13. The number of hydrogen-bond acceptors (Lipinski definition) is 4. The Kier molecular flexibility index (Phi) is 8.97. The minimum absolute atomic E-state index is 0.120. The Labute approximate surface area is 136 Å². The van der Waals surface area contributed by atoms with Crippen molar-refractivity contribution < 1.29 is 4.79 Å². The van der Waals surface area contributed by atoms with E-state index in [1.165, 1.54) is 30.6 Å². The lowest BCUT2D eigenvalue weighted by Crippen LogP contribution is -2.43. The SMILES string of the molecule is [CH2]CCCCCCCCCC(N)N(C=O)c1cc(=O)[nH]c(=O)[nH]1. The summed E-state index contributed by atoms with van der Waals surface area (Å²) in [6.45, 7) is 3.82. The number of nitrogens with one attached hydrogen (secondary N) is 2. The maximum Gasteiger partial charge on any atom is 0.327 e. The maximum atomic E-state index is 11.3. The lowest BCUT2D eigenvalue weighted by Gasteiger charge is -2.24. The van der Waals surface area contributed by atoms with Gasteiger partial charge in [0.25, 0.3) is 5.56 Å². The number of nitrogens with two attached hydrogens (primary N) is 1. The van der Waals surface area contributed by atoms with E-state index in [1.807, 2.05) is 0 Å². The molecule has 0 aromatic carbocycles. The van der Waals surface area contributed by atoms with Crippen molar-refractivity contribution in [2.24, 2.45) is 5.73 Å². The highest BCUT2D eigenvalue weighted by atomic mass is 16.2. The molecular formula is C16H27N4O3. The topological polar surface area (TPSA) is 112 Å². The van der Waals surface area contributed by atoms with Gasteiger partial charge in [-0.25, -0.2) is 4.79 Å². The number of rotatable bonds is 12. The fraction of sp³-hybridized carbons (Fsp3) is 0.625. The lowest BCUT2D eigenvalue weighted by molar-refractivity contribution is -0.107. The minimum Gasteiger partial charge on any atom is -0.311 e. The van der Waals surface area contributed by atoms with Crippen LogP contribution in [0.2, 0.25) is 0 Å². The van der Waals surface area contributed by atoms with Gasteiger partial charge in [-0.1, -0.05) is 58.3 Å². The molecule has 0 spiro atoms. The molecule has 1 heterocycles. The van der Waals surface area contributed by atoms with Gasteiger partial charge in [0.05, 0.1) is 6.17 Å². The summed E-state index contributed by atoms with van der Waals surface area (Å²) in [4.78, 5) is 39.4. The Morgan fingerprint density at radius 2 is 1.70 bits per heavy atom. The molecule has 0 saturated carbocycles. The molecule has 129 valence electrons. The van der Waals surface area contributed by atoms with E-state index >= 15 is 0 Å². The van der Waals surface area contributed by atoms with Crippen molar-refractivity contribution >= 4 is 12.2 Å². The van der Waals surface area contributed by atoms with Gasteiger partial charge < -0.3 is 5.73 Å². The Morgan fingerprint density at radius 1 is 1.09 bits per heavy atom. The molecule has 1 rings (SSSR count). The first-order valence-electron chi connectivity index (χ1n) is 8.20. The second kappa shape index (κ2) is 10.8. The van der Waals surface area contributed by atoms with Crippen molar-refractivity contribution in [1.29, 1.82) is 0 Å². The standard InChI is InChI=1S/C16H27N4O3/c1-2-3-4-5-6-7-8-9-10-13(17)20(12-21)14-11-15(22)19-16(23)18-14/h11-13H,1-10,17H2,(H2,18,19,22,23). The molecule has 0 saturated heterocycles. The largest absolute Gasteiger partial charge is 0.327 e. The first kappa shape index (κ1) is 19.2. The van der Waals surface area contributed by atoms with Gasteiger partial charge in [0, 0.05) is 6.07 Å². The van der Waals surface area contributed by atoms with Crippen LogP contribution in [-0.4, -0.2) is 22.5 Å². The fourth-order valence-corrected chi connectivity index (χ4v) is 2.46. The third-order valence-electron chi connectivity index (χ3n) is 3.75. The van der Waals surface area contributed by atoms with Crippen LogP contribution in [0, 0.1) is 6.92 Å². The highest BCUT2D eigenvalue weighted by Gasteiger charge is 2.15. The summed E-state index contributed by atoms with van der Waals surface area (Å²) < 4.78 is 0. The van der Waals surface area contributed by atoms with Gasteiger partial charge in [0.2, 0.25) is 6.41 Å². The molecule has 1 unspecified atom stereocenters. The molecule has 1 radical (unpaired) electrons. The number of anilines is 1. The third kappa shape index (κ3) is 7.27. The van der Waals surface area contributed by atoms with E-state index in [9.17, 15) is 14.4 Å². The van der Waals surface area contributed by atoms with Gasteiger partial charge in [-0.05, 0) is 6.42 Å². The summed E-state index contributed by atoms with van der Waals surface area (Å²) in [6, 6.07) is 1.15. The molecule has 7 nitrogen and oxygen atoms in total. The van der Waals surface area contributed by atoms with E-state index < -0.39 is 17.4 Å². The Hall–Kier alpha value is -1.89. The number of aromatic nitrogens is 2. The average Bonchev–Trinajstić information content (AvgIpc) is 2.49. The van der Waals surface area contributed by atoms with E-state index in [0.29, 0.717) is 12.8 Å². The van der Waals surface area contributed by atoms with Crippen LogP contribution in [0.3, 0.4) is 0 Å². The van der Waals surface area contributed by atoms with E-state index in [0.717, 1.165) is 31.7 Å². The quantitative estimate of drug-likeness (QED) is 0.308.